The molecule has 0 amide bonds. The van der Waals surface area contributed by atoms with Crippen molar-refractivity contribution in [3.05, 3.63) is 17.5 Å². The van der Waals surface area contributed by atoms with Crippen molar-refractivity contribution in [2.24, 2.45) is 5.92 Å². The summed E-state index contributed by atoms with van der Waals surface area (Å²) < 4.78 is 0. The van der Waals surface area contributed by atoms with Crippen LogP contribution in [0, 0.1) is 19.8 Å². The van der Waals surface area contributed by atoms with Crippen molar-refractivity contribution in [2.75, 3.05) is 31.1 Å². The minimum absolute atomic E-state index is 0.775. The largest absolute Gasteiger partial charge is 0.341 e. The summed E-state index contributed by atoms with van der Waals surface area (Å²) in [6.45, 7) is 10.8. The predicted octanol–water partition coefficient (Wildman–Crippen LogP) is 2.31. The van der Waals surface area contributed by atoms with Gasteiger partial charge in [0, 0.05) is 24.5 Å². The number of aryl methyl sites for hydroxylation is 2. The summed E-state index contributed by atoms with van der Waals surface area (Å²) in [7, 11) is 0. The molecular formula is C15H26N4. The average Bonchev–Trinajstić information content (AvgIpc) is 2.38. The van der Waals surface area contributed by atoms with Crippen LogP contribution in [-0.2, 0) is 0 Å². The Kier molecular flexibility index (Phi) is 5.14. The summed E-state index contributed by atoms with van der Waals surface area (Å²) in [6.07, 6.45) is 3.68. The number of piperidine rings is 1. The number of anilines is 1. The van der Waals surface area contributed by atoms with Crippen LogP contribution in [0.5, 0.6) is 0 Å². The molecule has 2 heterocycles. The van der Waals surface area contributed by atoms with Crippen molar-refractivity contribution in [1.29, 1.82) is 0 Å². The van der Waals surface area contributed by atoms with E-state index in [1.807, 2.05) is 19.9 Å². The highest BCUT2D eigenvalue weighted by molar-refractivity contribution is 5.32. The molecule has 0 bridgehead atoms. The molecule has 0 aromatic carbocycles. The molecule has 4 heteroatoms. The molecule has 1 aromatic rings. The molecule has 1 aliphatic heterocycles. The van der Waals surface area contributed by atoms with Crippen LogP contribution in [0.15, 0.2) is 6.07 Å². The van der Waals surface area contributed by atoms with E-state index in [4.69, 9.17) is 0 Å². The summed E-state index contributed by atoms with van der Waals surface area (Å²) in [4.78, 5) is 11.6. The van der Waals surface area contributed by atoms with Gasteiger partial charge in [-0.1, -0.05) is 6.92 Å². The number of nitrogens with one attached hydrogen (secondary N) is 1. The molecule has 1 aromatic heterocycles. The molecule has 1 N–H and O–H groups in total. The van der Waals surface area contributed by atoms with Gasteiger partial charge in [0.15, 0.2) is 0 Å². The van der Waals surface area contributed by atoms with Crippen molar-refractivity contribution < 1.29 is 0 Å². The van der Waals surface area contributed by atoms with E-state index in [-0.39, 0.29) is 0 Å². The van der Waals surface area contributed by atoms with Gasteiger partial charge in [-0.05, 0) is 58.2 Å². The molecule has 2 rings (SSSR count). The Morgan fingerprint density at radius 3 is 2.42 bits per heavy atom. The van der Waals surface area contributed by atoms with Crippen molar-refractivity contribution in [2.45, 2.75) is 40.0 Å². The smallest absolute Gasteiger partial charge is 0.225 e. The van der Waals surface area contributed by atoms with Crippen LogP contribution < -0.4 is 10.2 Å². The summed E-state index contributed by atoms with van der Waals surface area (Å²) >= 11 is 0. The van der Waals surface area contributed by atoms with Gasteiger partial charge in [0.1, 0.15) is 0 Å². The molecule has 0 unspecified atom stereocenters. The Morgan fingerprint density at radius 1 is 1.21 bits per heavy atom. The second kappa shape index (κ2) is 6.85. The standard InChI is InChI=1S/C15H26N4/c1-4-9-19(11-14-5-7-16-8-6-14)15-17-12(2)10-13(3)18-15/h10,14,16H,4-9,11H2,1-3H3. The van der Waals surface area contributed by atoms with Gasteiger partial charge in [-0.15, -0.1) is 0 Å². The van der Waals surface area contributed by atoms with Crippen molar-refractivity contribution >= 4 is 5.95 Å². The highest BCUT2D eigenvalue weighted by Gasteiger charge is 2.18. The second-order valence-electron chi connectivity index (χ2n) is 5.59. The maximum Gasteiger partial charge on any atom is 0.225 e. The highest BCUT2D eigenvalue weighted by atomic mass is 15.2. The summed E-state index contributed by atoms with van der Waals surface area (Å²) in [5.41, 5.74) is 2.13. The first-order chi connectivity index (χ1) is 9.19. The molecule has 19 heavy (non-hydrogen) atoms. The van der Waals surface area contributed by atoms with Gasteiger partial charge in [0.05, 0.1) is 0 Å². The molecule has 4 nitrogen and oxygen atoms in total. The van der Waals surface area contributed by atoms with Gasteiger partial charge in [0.25, 0.3) is 0 Å². The van der Waals surface area contributed by atoms with Crippen LogP contribution in [0.4, 0.5) is 5.95 Å². The van der Waals surface area contributed by atoms with Crippen molar-refractivity contribution in [3.8, 4) is 0 Å². The number of rotatable bonds is 5. The van der Waals surface area contributed by atoms with E-state index in [1.54, 1.807) is 0 Å². The Morgan fingerprint density at radius 2 is 1.84 bits per heavy atom. The van der Waals surface area contributed by atoms with E-state index >= 15 is 0 Å². The molecule has 106 valence electrons. The lowest BCUT2D eigenvalue weighted by Crippen LogP contribution is -2.37. The number of hydrogen-bond donors (Lipinski definition) is 1. The van der Waals surface area contributed by atoms with Gasteiger partial charge in [-0.2, -0.15) is 0 Å². The monoisotopic (exact) mass is 262 g/mol. The first kappa shape index (κ1) is 14.3. The zero-order chi connectivity index (χ0) is 13.7. The molecule has 1 aliphatic rings. The first-order valence-corrected chi connectivity index (χ1v) is 7.47. The van der Waals surface area contributed by atoms with E-state index in [9.17, 15) is 0 Å². The van der Waals surface area contributed by atoms with Crippen molar-refractivity contribution in [1.82, 2.24) is 15.3 Å². The van der Waals surface area contributed by atoms with Gasteiger partial charge in [-0.3, -0.25) is 0 Å². The lowest BCUT2D eigenvalue weighted by atomic mass is 9.97. The zero-order valence-corrected chi connectivity index (χ0v) is 12.4. The zero-order valence-electron chi connectivity index (χ0n) is 12.4. The quantitative estimate of drug-likeness (QED) is 0.884. The molecule has 1 saturated heterocycles. The van der Waals surface area contributed by atoms with E-state index in [1.165, 1.54) is 12.8 Å². The van der Waals surface area contributed by atoms with Crippen LogP contribution in [0.2, 0.25) is 0 Å². The Labute approximate surface area is 116 Å². The van der Waals surface area contributed by atoms with Gasteiger partial charge < -0.3 is 10.2 Å². The Balaban J connectivity index is 2.09. The minimum atomic E-state index is 0.775. The van der Waals surface area contributed by atoms with E-state index in [2.05, 4.69) is 27.1 Å². The lowest BCUT2D eigenvalue weighted by Gasteiger charge is -2.30. The van der Waals surface area contributed by atoms with Gasteiger partial charge in [0.2, 0.25) is 5.95 Å². The summed E-state index contributed by atoms with van der Waals surface area (Å²) in [6, 6.07) is 2.04. The maximum atomic E-state index is 4.62. The molecule has 0 radical (unpaired) electrons. The van der Waals surface area contributed by atoms with E-state index < -0.39 is 0 Å². The number of nitrogens with zero attached hydrogens (tertiary/aromatic N) is 3. The molecule has 0 saturated carbocycles. The minimum Gasteiger partial charge on any atom is -0.341 e. The normalized spacial score (nSPS) is 16.6. The van der Waals surface area contributed by atoms with Crippen LogP contribution >= 0.6 is 0 Å². The van der Waals surface area contributed by atoms with Crippen LogP contribution in [0.1, 0.15) is 37.6 Å². The fourth-order valence-electron chi connectivity index (χ4n) is 2.77. The SMILES string of the molecule is CCCN(CC1CCNCC1)c1nc(C)cc(C)n1. The summed E-state index contributed by atoms with van der Waals surface area (Å²) in [5, 5.41) is 3.43. The highest BCUT2D eigenvalue weighted by Crippen LogP contribution is 2.18. The van der Waals surface area contributed by atoms with Crippen LogP contribution in [0.3, 0.4) is 0 Å². The predicted molar refractivity (Wildman–Crippen MR) is 79.6 cm³/mol. The third-order valence-electron chi connectivity index (χ3n) is 3.68. The summed E-state index contributed by atoms with van der Waals surface area (Å²) in [5.74, 6) is 1.69. The maximum absolute atomic E-state index is 4.62. The Bertz CT molecular complexity index is 379. The van der Waals surface area contributed by atoms with Crippen LogP contribution in [-0.4, -0.2) is 36.1 Å². The molecule has 0 spiro atoms. The van der Waals surface area contributed by atoms with E-state index in [0.29, 0.717) is 0 Å². The molecule has 1 fully saturated rings. The third-order valence-corrected chi connectivity index (χ3v) is 3.68. The Hall–Kier alpha value is -1.16. The average molecular weight is 262 g/mol. The fraction of sp³-hybridized carbons (Fsp3) is 0.733. The molecule has 0 aliphatic carbocycles. The van der Waals surface area contributed by atoms with E-state index in [0.717, 1.165) is 55.9 Å². The molecule has 0 atom stereocenters. The van der Waals surface area contributed by atoms with Crippen LogP contribution in [0.25, 0.3) is 0 Å². The van der Waals surface area contributed by atoms with Crippen molar-refractivity contribution in [3.63, 3.8) is 0 Å². The van der Waals surface area contributed by atoms with Gasteiger partial charge >= 0.3 is 0 Å². The first-order valence-electron chi connectivity index (χ1n) is 7.47. The second-order valence-corrected chi connectivity index (χ2v) is 5.59. The van der Waals surface area contributed by atoms with Gasteiger partial charge in [-0.25, -0.2) is 9.97 Å². The fourth-order valence-corrected chi connectivity index (χ4v) is 2.77. The topological polar surface area (TPSA) is 41.0 Å². The third kappa shape index (κ3) is 4.16. The lowest BCUT2D eigenvalue weighted by molar-refractivity contribution is 0.372. The number of aromatic nitrogens is 2. The molecular weight excluding hydrogens is 236 g/mol. The number of hydrogen-bond acceptors (Lipinski definition) is 4.